The highest BCUT2D eigenvalue weighted by atomic mass is 32.2. The zero-order chi connectivity index (χ0) is 14.4. The van der Waals surface area contributed by atoms with Crippen molar-refractivity contribution in [3.63, 3.8) is 0 Å². The summed E-state index contributed by atoms with van der Waals surface area (Å²) in [6.45, 7) is 2.65. The molecule has 6 heteroatoms. The van der Waals surface area contributed by atoms with Crippen molar-refractivity contribution in [2.24, 2.45) is 5.73 Å². The number of rotatable bonds is 4. The summed E-state index contributed by atoms with van der Waals surface area (Å²) in [7, 11) is 0. The Morgan fingerprint density at radius 2 is 2.35 bits per heavy atom. The second kappa shape index (κ2) is 7.81. The number of hydrogen-bond donors (Lipinski definition) is 3. The van der Waals surface area contributed by atoms with E-state index in [2.05, 4.69) is 10.6 Å². The second-order valence-electron chi connectivity index (χ2n) is 4.82. The van der Waals surface area contributed by atoms with Crippen molar-refractivity contribution in [2.75, 3.05) is 29.1 Å². The molecule has 1 heterocycles. The van der Waals surface area contributed by atoms with E-state index in [0.29, 0.717) is 5.25 Å². The zero-order valence-electron chi connectivity index (χ0n) is 11.6. The fourth-order valence-electron chi connectivity index (χ4n) is 1.94. The molecule has 0 aromatic heterocycles. The topological polar surface area (TPSA) is 67.1 Å². The van der Waals surface area contributed by atoms with Crippen molar-refractivity contribution in [2.45, 2.75) is 18.2 Å². The molecule has 2 amide bonds. The van der Waals surface area contributed by atoms with Crippen LogP contribution in [0.5, 0.6) is 0 Å². The summed E-state index contributed by atoms with van der Waals surface area (Å²) in [5, 5.41) is 6.31. The van der Waals surface area contributed by atoms with Gasteiger partial charge in [-0.05, 0) is 24.6 Å². The number of carbonyl (C=O) groups excluding carboxylic acids is 1. The van der Waals surface area contributed by atoms with Crippen LogP contribution in [0, 0.1) is 0 Å². The van der Waals surface area contributed by atoms with Gasteiger partial charge in [-0.1, -0.05) is 12.1 Å². The minimum absolute atomic E-state index is 0.0320. The molecule has 1 aromatic rings. The molecule has 1 fully saturated rings. The molecular weight excluding hydrogens is 290 g/mol. The molecule has 2 atom stereocenters. The Balaban J connectivity index is 1.80. The molecule has 0 bridgehead atoms. The van der Waals surface area contributed by atoms with Crippen molar-refractivity contribution in [1.29, 1.82) is 0 Å². The van der Waals surface area contributed by atoms with E-state index in [9.17, 15) is 4.79 Å². The van der Waals surface area contributed by atoms with Crippen LogP contribution in [0.1, 0.15) is 18.5 Å². The van der Waals surface area contributed by atoms with E-state index >= 15 is 0 Å². The van der Waals surface area contributed by atoms with Crippen molar-refractivity contribution in [3.8, 4) is 0 Å². The molecule has 1 saturated heterocycles. The highest BCUT2D eigenvalue weighted by Gasteiger charge is 2.15. The molecule has 4 N–H and O–H groups in total. The van der Waals surface area contributed by atoms with Crippen LogP contribution in [0.2, 0.25) is 0 Å². The third-order valence-electron chi connectivity index (χ3n) is 3.05. The minimum Gasteiger partial charge on any atom is -0.337 e. The van der Waals surface area contributed by atoms with Gasteiger partial charge in [0.1, 0.15) is 0 Å². The highest BCUT2D eigenvalue weighted by Crippen LogP contribution is 2.23. The lowest BCUT2D eigenvalue weighted by Crippen LogP contribution is -2.36. The Kier molecular flexibility index (Phi) is 6.06. The van der Waals surface area contributed by atoms with Crippen molar-refractivity contribution < 1.29 is 4.79 Å². The Hall–Kier alpha value is -0.850. The normalized spacial score (nSPS) is 20.2. The Bertz CT molecular complexity index is 448. The van der Waals surface area contributed by atoms with Gasteiger partial charge in [0.15, 0.2) is 0 Å². The van der Waals surface area contributed by atoms with E-state index in [-0.39, 0.29) is 12.1 Å². The Labute approximate surface area is 128 Å². The average molecular weight is 311 g/mol. The largest absolute Gasteiger partial charge is 0.337 e. The van der Waals surface area contributed by atoms with Crippen LogP contribution >= 0.6 is 23.5 Å². The molecule has 2 unspecified atom stereocenters. The number of nitrogens with one attached hydrogen (secondary N) is 2. The molecule has 0 saturated carbocycles. The lowest BCUT2D eigenvalue weighted by Gasteiger charge is -2.21. The standard InChI is InChI=1S/C14H21N3OS2/c1-10(15)11-3-2-4-12(7-11)17-14(18)16-8-13-9-19-5-6-20-13/h2-4,7,10,13H,5-6,8-9,15H2,1H3,(H2,16,17,18). The predicted molar refractivity (Wildman–Crippen MR) is 89.6 cm³/mol. The van der Waals surface area contributed by atoms with Crippen LogP contribution in [0.4, 0.5) is 10.5 Å². The lowest BCUT2D eigenvalue weighted by molar-refractivity contribution is 0.252. The number of thioether (sulfide) groups is 2. The van der Waals surface area contributed by atoms with E-state index in [4.69, 9.17) is 5.73 Å². The first-order valence-corrected chi connectivity index (χ1v) is 8.95. The summed E-state index contributed by atoms with van der Waals surface area (Å²) < 4.78 is 0. The van der Waals surface area contributed by atoms with Gasteiger partial charge in [0, 0.05) is 40.8 Å². The smallest absolute Gasteiger partial charge is 0.319 e. The van der Waals surface area contributed by atoms with E-state index in [1.807, 2.05) is 54.7 Å². The number of nitrogens with two attached hydrogens (primary N) is 1. The zero-order valence-corrected chi connectivity index (χ0v) is 13.2. The molecule has 1 aliphatic rings. The van der Waals surface area contributed by atoms with Gasteiger partial charge in [-0.2, -0.15) is 23.5 Å². The van der Waals surface area contributed by atoms with Crippen LogP contribution < -0.4 is 16.4 Å². The fraction of sp³-hybridized carbons (Fsp3) is 0.500. The molecule has 20 heavy (non-hydrogen) atoms. The van der Waals surface area contributed by atoms with Gasteiger partial charge in [0.2, 0.25) is 0 Å². The van der Waals surface area contributed by atoms with Gasteiger partial charge in [-0.15, -0.1) is 0 Å². The molecule has 0 aliphatic carbocycles. The summed E-state index contributed by atoms with van der Waals surface area (Å²) in [5.41, 5.74) is 7.63. The summed E-state index contributed by atoms with van der Waals surface area (Å²) in [4.78, 5) is 11.9. The minimum atomic E-state index is -0.150. The lowest BCUT2D eigenvalue weighted by atomic mass is 10.1. The van der Waals surface area contributed by atoms with Gasteiger partial charge in [0.25, 0.3) is 0 Å². The fourth-order valence-corrected chi connectivity index (χ4v) is 4.55. The van der Waals surface area contributed by atoms with Gasteiger partial charge in [-0.3, -0.25) is 0 Å². The van der Waals surface area contributed by atoms with Gasteiger partial charge in [-0.25, -0.2) is 4.79 Å². The Morgan fingerprint density at radius 3 is 3.05 bits per heavy atom. The summed E-state index contributed by atoms with van der Waals surface area (Å²) in [5.74, 6) is 3.51. The third-order valence-corrected chi connectivity index (χ3v) is 5.89. The number of hydrogen-bond acceptors (Lipinski definition) is 4. The van der Waals surface area contributed by atoms with E-state index in [0.717, 1.165) is 23.5 Å². The summed E-state index contributed by atoms with van der Waals surface area (Å²) in [6, 6.07) is 7.47. The molecule has 1 aromatic carbocycles. The first-order valence-electron chi connectivity index (χ1n) is 6.75. The van der Waals surface area contributed by atoms with Crippen LogP contribution in [-0.2, 0) is 0 Å². The number of carbonyl (C=O) groups is 1. The Morgan fingerprint density at radius 1 is 1.50 bits per heavy atom. The van der Waals surface area contributed by atoms with Crippen LogP contribution in [-0.4, -0.2) is 35.1 Å². The van der Waals surface area contributed by atoms with Gasteiger partial charge >= 0.3 is 6.03 Å². The number of benzene rings is 1. The molecular formula is C14H21N3OS2. The second-order valence-corrected chi connectivity index (χ2v) is 7.37. The summed E-state index contributed by atoms with van der Waals surface area (Å²) >= 11 is 3.90. The number of anilines is 1. The van der Waals surface area contributed by atoms with Crippen molar-refractivity contribution in [1.82, 2.24) is 5.32 Å². The van der Waals surface area contributed by atoms with E-state index in [1.54, 1.807) is 0 Å². The third kappa shape index (κ3) is 4.92. The average Bonchev–Trinajstić information content (AvgIpc) is 2.46. The number of amides is 2. The molecule has 0 radical (unpaired) electrons. The summed E-state index contributed by atoms with van der Waals surface area (Å²) in [6.07, 6.45) is 0. The first-order chi connectivity index (χ1) is 9.65. The van der Waals surface area contributed by atoms with E-state index in [1.165, 1.54) is 11.5 Å². The van der Waals surface area contributed by atoms with Crippen LogP contribution in [0.15, 0.2) is 24.3 Å². The quantitative estimate of drug-likeness (QED) is 0.800. The maximum Gasteiger partial charge on any atom is 0.319 e. The maximum atomic E-state index is 11.9. The van der Waals surface area contributed by atoms with Gasteiger partial charge in [0.05, 0.1) is 0 Å². The van der Waals surface area contributed by atoms with Crippen molar-refractivity contribution in [3.05, 3.63) is 29.8 Å². The predicted octanol–water partition coefficient (Wildman–Crippen LogP) is 2.68. The molecule has 4 nitrogen and oxygen atoms in total. The maximum absolute atomic E-state index is 11.9. The molecule has 110 valence electrons. The van der Waals surface area contributed by atoms with Crippen LogP contribution in [0.25, 0.3) is 0 Å². The molecule has 2 rings (SSSR count). The molecule has 1 aliphatic heterocycles. The van der Waals surface area contributed by atoms with Crippen molar-refractivity contribution >= 4 is 35.2 Å². The highest BCUT2D eigenvalue weighted by molar-refractivity contribution is 8.06. The van der Waals surface area contributed by atoms with E-state index < -0.39 is 0 Å². The van der Waals surface area contributed by atoms with Crippen LogP contribution in [0.3, 0.4) is 0 Å². The first kappa shape index (κ1) is 15.5. The molecule has 0 spiro atoms. The van der Waals surface area contributed by atoms with Gasteiger partial charge < -0.3 is 16.4 Å². The number of urea groups is 1. The SMILES string of the molecule is CC(N)c1cccc(NC(=O)NCC2CSCCS2)c1. The monoisotopic (exact) mass is 311 g/mol.